The molecule has 2 atom stereocenters. The SMILES string of the molecule is COc1ccc(-c2csc(NC(=O)CSc3ccc(NC(=O)C4CC=CCC4C(=O)O)cc3)n2)cc1OC. The number of nitrogens with zero attached hydrogens (tertiary/aromatic N) is 1. The first kappa shape index (κ1) is 27.2. The number of thiazole rings is 1. The van der Waals surface area contributed by atoms with E-state index in [1.807, 2.05) is 35.7 Å². The Morgan fingerprint density at radius 2 is 1.71 bits per heavy atom. The number of thioether (sulfide) groups is 1. The van der Waals surface area contributed by atoms with Gasteiger partial charge in [-0.2, -0.15) is 0 Å². The molecule has 1 heterocycles. The van der Waals surface area contributed by atoms with Crippen molar-refractivity contribution < 1.29 is 29.0 Å². The molecule has 1 aliphatic carbocycles. The zero-order valence-corrected chi connectivity index (χ0v) is 22.4. The van der Waals surface area contributed by atoms with Crippen LogP contribution in [0.1, 0.15) is 12.8 Å². The standard InChI is InChI=1S/C27H27N3O6S2/c1-35-22-12-7-16(13-23(22)36-2)21-14-38-27(29-21)30-24(31)15-37-18-10-8-17(9-11-18)28-25(32)19-5-3-4-6-20(19)26(33)34/h3-4,7-14,19-20H,5-6,15H2,1-2H3,(H,28,32)(H,33,34)(H,29,30,31). The number of carbonyl (C=O) groups is 3. The summed E-state index contributed by atoms with van der Waals surface area (Å²) in [6, 6.07) is 12.6. The number of methoxy groups -OCH3 is 2. The van der Waals surface area contributed by atoms with E-state index in [0.717, 1.165) is 16.2 Å². The highest BCUT2D eigenvalue weighted by molar-refractivity contribution is 8.00. The summed E-state index contributed by atoms with van der Waals surface area (Å²) in [6.45, 7) is 0. The molecule has 0 radical (unpaired) electrons. The minimum Gasteiger partial charge on any atom is -0.493 e. The number of benzene rings is 2. The number of hydrogen-bond acceptors (Lipinski definition) is 8. The van der Waals surface area contributed by atoms with Crippen molar-refractivity contribution >= 4 is 51.7 Å². The first-order chi connectivity index (χ1) is 18.4. The summed E-state index contributed by atoms with van der Waals surface area (Å²) in [5.74, 6) is -1.37. The Bertz CT molecular complexity index is 1340. The van der Waals surface area contributed by atoms with Crippen LogP contribution < -0.4 is 20.1 Å². The van der Waals surface area contributed by atoms with E-state index in [0.29, 0.717) is 35.2 Å². The second kappa shape index (κ2) is 12.6. The van der Waals surface area contributed by atoms with Crippen molar-refractivity contribution in [3.8, 4) is 22.8 Å². The van der Waals surface area contributed by atoms with Crippen molar-refractivity contribution in [1.29, 1.82) is 0 Å². The molecular weight excluding hydrogens is 526 g/mol. The van der Waals surface area contributed by atoms with Crippen molar-refractivity contribution in [1.82, 2.24) is 4.98 Å². The lowest BCUT2D eigenvalue weighted by Crippen LogP contribution is -2.34. The lowest BCUT2D eigenvalue weighted by Gasteiger charge is -2.24. The van der Waals surface area contributed by atoms with Crippen molar-refractivity contribution in [3.05, 3.63) is 60.0 Å². The monoisotopic (exact) mass is 553 g/mol. The summed E-state index contributed by atoms with van der Waals surface area (Å²) in [5.41, 5.74) is 2.14. The largest absolute Gasteiger partial charge is 0.493 e. The Morgan fingerprint density at radius 1 is 1.00 bits per heavy atom. The third kappa shape index (κ3) is 6.73. The fourth-order valence-corrected chi connectivity index (χ4v) is 5.44. The molecule has 1 aliphatic rings. The predicted molar refractivity (Wildman–Crippen MR) is 148 cm³/mol. The van der Waals surface area contributed by atoms with Crippen LogP contribution in [0, 0.1) is 11.8 Å². The quantitative estimate of drug-likeness (QED) is 0.232. The average Bonchev–Trinajstić information content (AvgIpc) is 3.40. The molecule has 2 amide bonds. The Kier molecular flexibility index (Phi) is 9.03. The topological polar surface area (TPSA) is 127 Å². The number of carboxylic acids is 1. The number of anilines is 2. The smallest absolute Gasteiger partial charge is 0.307 e. The second-order valence-corrected chi connectivity index (χ2v) is 10.4. The van der Waals surface area contributed by atoms with Crippen LogP contribution in [0.4, 0.5) is 10.8 Å². The van der Waals surface area contributed by atoms with Gasteiger partial charge in [0.2, 0.25) is 11.8 Å². The van der Waals surface area contributed by atoms with Gasteiger partial charge in [-0.05, 0) is 55.3 Å². The minimum atomic E-state index is -0.963. The van der Waals surface area contributed by atoms with Gasteiger partial charge in [0, 0.05) is 21.5 Å². The van der Waals surface area contributed by atoms with Crippen LogP contribution in [0.15, 0.2) is 64.9 Å². The first-order valence-corrected chi connectivity index (χ1v) is 13.6. The lowest BCUT2D eigenvalue weighted by atomic mass is 9.82. The van der Waals surface area contributed by atoms with E-state index in [4.69, 9.17) is 9.47 Å². The number of aromatic nitrogens is 1. The van der Waals surface area contributed by atoms with Crippen LogP contribution in [0.5, 0.6) is 11.5 Å². The fraction of sp³-hybridized carbons (Fsp3) is 0.259. The van der Waals surface area contributed by atoms with Gasteiger partial charge in [0.05, 0.1) is 37.5 Å². The summed E-state index contributed by atoms with van der Waals surface area (Å²) < 4.78 is 10.6. The first-order valence-electron chi connectivity index (χ1n) is 11.8. The number of rotatable bonds is 10. The van der Waals surface area contributed by atoms with E-state index in [-0.39, 0.29) is 17.6 Å². The molecule has 4 rings (SSSR count). The van der Waals surface area contributed by atoms with Crippen molar-refractivity contribution in [2.45, 2.75) is 17.7 Å². The summed E-state index contributed by atoms with van der Waals surface area (Å²) in [7, 11) is 3.15. The third-order valence-corrected chi connectivity index (χ3v) is 7.78. The van der Waals surface area contributed by atoms with Crippen LogP contribution >= 0.6 is 23.1 Å². The number of ether oxygens (including phenoxy) is 2. The van der Waals surface area contributed by atoms with Gasteiger partial charge in [-0.3, -0.25) is 14.4 Å². The van der Waals surface area contributed by atoms with E-state index in [2.05, 4.69) is 15.6 Å². The Labute approximate surface area is 228 Å². The van der Waals surface area contributed by atoms with Crippen LogP contribution in [0.3, 0.4) is 0 Å². The van der Waals surface area contributed by atoms with Gasteiger partial charge in [-0.25, -0.2) is 4.98 Å². The van der Waals surface area contributed by atoms with Crippen molar-refractivity contribution in [3.63, 3.8) is 0 Å². The summed E-state index contributed by atoms with van der Waals surface area (Å²) >= 11 is 2.69. The van der Waals surface area contributed by atoms with Crippen LogP contribution in [-0.2, 0) is 14.4 Å². The van der Waals surface area contributed by atoms with Crippen LogP contribution in [-0.4, -0.2) is 47.8 Å². The Balaban J connectivity index is 1.28. The van der Waals surface area contributed by atoms with E-state index in [1.165, 1.54) is 23.1 Å². The maximum Gasteiger partial charge on any atom is 0.307 e. The molecule has 198 valence electrons. The van der Waals surface area contributed by atoms with E-state index < -0.39 is 17.8 Å². The lowest BCUT2D eigenvalue weighted by molar-refractivity contribution is -0.146. The number of carbonyl (C=O) groups excluding carboxylic acids is 2. The third-order valence-electron chi connectivity index (χ3n) is 6.01. The molecule has 2 aromatic carbocycles. The maximum absolute atomic E-state index is 12.6. The van der Waals surface area contributed by atoms with Crippen LogP contribution in [0.25, 0.3) is 11.3 Å². The van der Waals surface area contributed by atoms with Gasteiger partial charge in [-0.1, -0.05) is 12.2 Å². The van der Waals surface area contributed by atoms with Gasteiger partial charge < -0.3 is 25.2 Å². The molecule has 0 fully saturated rings. The van der Waals surface area contributed by atoms with Crippen LogP contribution in [0.2, 0.25) is 0 Å². The van der Waals surface area contributed by atoms with E-state index in [9.17, 15) is 19.5 Å². The highest BCUT2D eigenvalue weighted by Gasteiger charge is 2.33. The van der Waals surface area contributed by atoms with Gasteiger partial charge >= 0.3 is 5.97 Å². The average molecular weight is 554 g/mol. The second-order valence-electron chi connectivity index (χ2n) is 8.45. The highest BCUT2D eigenvalue weighted by Crippen LogP contribution is 2.34. The molecule has 0 aliphatic heterocycles. The molecule has 1 aromatic heterocycles. The molecule has 3 N–H and O–H groups in total. The Morgan fingerprint density at radius 3 is 2.39 bits per heavy atom. The van der Waals surface area contributed by atoms with E-state index >= 15 is 0 Å². The number of carboxylic acid groups (broad SMARTS) is 1. The molecule has 0 bridgehead atoms. The molecule has 38 heavy (non-hydrogen) atoms. The normalized spacial score (nSPS) is 16.5. The molecule has 9 nitrogen and oxygen atoms in total. The molecule has 2 unspecified atom stereocenters. The predicted octanol–water partition coefficient (Wildman–Crippen LogP) is 5.16. The van der Waals surface area contributed by atoms with Gasteiger partial charge in [-0.15, -0.1) is 23.1 Å². The number of nitrogens with one attached hydrogen (secondary N) is 2. The number of aliphatic carboxylic acids is 1. The molecule has 0 saturated carbocycles. The highest BCUT2D eigenvalue weighted by atomic mass is 32.2. The van der Waals surface area contributed by atoms with E-state index in [1.54, 1.807) is 38.5 Å². The minimum absolute atomic E-state index is 0.186. The molecule has 11 heteroatoms. The van der Waals surface area contributed by atoms with Crippen molar-refractivity contribution in [2.24, 2.45) is 11.8 Å². The zero-order chi connectivity index (χ0) is 27.1. The number of amides is 2. The molecule has 0 saturated heterocycles. The van der Waals surface area contributed by atoms with Gasteiger partial charge in [0.25, 0.3) is 0 Å². The summed E-state index contributed by atoms with van der Waals surface area (Å²) in [6.07, 6.45) is 4.40. The molecule has 3 aromatic rings. The van der Waals surface area contributed by atoms with Gasteiger partial charge in [0.1, 0.15) is 0 Å². The summed E-state index contributed by atoms with van der Waals surface area (Å²) in [4.78, 5) is 41.9. The number of allylic oxidation sites excluding steroid dienone is 2. The molecular formula is C27H27N3O6S2. The molecule has 0 spiro atoms. The fourth-order valence-electron chi connectivity index (χ4n) is 4.01. The number of hydrogen-bond donors (Lipinski definition) is 3. The zero-order valence-electron chi connectivity index (χ0n) is 20.8. The van der Waals surface area contributed by atoms with Gasteiger partial charge in [0.15, 0.2) is 16.6 Å². The van der Waals surface area contributed by atoms with Crippen molar-refractivity contribution in [2.75, 3.05) is 30.6 Å². The Hall–Kier alpha value is -3.83. The maximum atomic E-state index is 12.6. The summed E-state index contributed by atoms with van der Waals surface area (Å²) in [5, 5.41) is 17.4.